The number of hydrogen-bond acceptors (Lipinski definition) is 3. The van der Waals surface area contributed by atoms with Crippen LogP contribution in [0, 0.1) is 6.92 Å². The van der Waals surface area contributed by atoms with Crippen molar-refractivity contribution >= 4 is 33.2 Å². The number of aryl methyl sites for hydroxylation is 1. The zero-order chi connectivity index (χ0) is 20.2. The third kappa shape index (κ3) is 5.02. The van der Waals surface area contributed by atoms with Crippen LogP contribution in [0.15, 0.2) is 47.4 Å². The molecule has 0 spiro atoms. The molecule has 1 N–H and O–H groups in total. The van der Waals surface area contributed by atoms with E-state index < -0.39 is 10.0 Å². The highest BCUT2D eigenvalue weighted by Gasteiger charge is 2.23. The summed E-state index contributed by atoms with van der Waals surface area (Å²) < 4.78 is 26.9. The van der Waals surface area contributed by atoms with Gasteiger partial charge in [-0.05, 0) is 50.6 Å². The van der Waals surface area contributed by atoms with Gasteiger partial charge in [0.05, 0.1) is 21.2 Å². The van der Waals surface area contributed by atoms with Crippen LogP contribution in [0.1, 0.15) is 42.6 Å². The van der Waals surface area contributed by atoms with E-state index >= 15 is 0 Å². The molecule has 0 radical (unpaired) electrons. The molecular formula is C20H25ClN2O3S. The van der Waals surface area contributed by atoms with E-state index in [4.69, 9.17) is 11.6 Å². The molecule has 0 fully saturated rings. The monoisotopic (exact) mass is 408 g/mol. The van der Waals surface area contributed by atoms with Crippen LogP contribution < -0.4 is 9.62 Å². The topological polar surface area (TPSA) is 66.5 Å². The van der Waals surface area contributed by atoms with Gasteiger partial charge in [-0.25, -0.2) is 8.42 Å². The minimum absolute atomic E-state index is 0.0104. The fourth-order valence-corrected chi connectivity index (χ4v) is 4.09. The fourth-order valence-electron chi connectivity index (χ4n) is 2.70. The largest absolute Gasteiger partial charge is 0.350 e. The van der Waals surface area contributed by atoms with Crippen LogP contribution in [0.3, 0.4) is 0 Å². The molecule has 0 aromatic heterocycles. The Morgan fingerprint density at radius 1 is 1.19 bits per heavy atom. The lowest BCUT2D eigenvalue weighted by Gasteiger charge is -2.21. The number of hydrogen-bond donors (Lipinski definition) is 1. The molecule has 0 unspecified atom stereocenters. The third-order valence-electron chi connectivity index (χ3n) is 4.34. The third-order valence-corrected chi connectivity index (χ3v) is 6.47. The van der Waals surface area contributed by atoms with Gasteiger partial charge in [0.2, 0.25) is 0 Å². The highest BCUT2D eigenvalue weighted by molar-refractivity contribution is 7.92. The predicted molar refractivity (Wildman–Crippen MR) is 110 cm³/mol. The van der Waals surface area contributed by atoms with Gasteiger partial charge >= 0.3 is 0 Å². The number of halogens is 1. The van der Waals surface area contributed by atoms with Gasteiger partial charge in [0, 0.05) is 13.1 Å². The number of anilines is 1. The maximum absolute atomic E-state index is 12.9. The molecule has 2 rings (SSSR count). The van der Waals surface area contributed by atoms with Crippen molar-refractivity contribution < 1.29 is 13.2 Å². The molecule has 0 aliphatic carbocycles. The molecule has 0 aliphatic heterocycles. The number of carbonyl (C=O) groups is 1. The molecule has 0 aliphatic rings. The molecule has 1 amide bonds. The summed E-state index contributed by atoms with van der Waals surface area (Å²) in [6.45, 7) is 5.86. The predicted octanol–water partition coefficient (Wildman–Crippen LogP) is 4.39. The van der Waals surface area contributed by atoms with Crippen LogP contribution in [0.25, 0.3) is 0 Å². The normalized spacial score (nSPS) is 12.5. The molecule has 2 aromatic carbocycles. The molecule has 0 saturated carbocycles. The lowest BCUT2D eigenvalue weighted by Crippen LogP contribution is -2.33. The Morgan fingerprint density at radius 2 is 1.81 bits per heavy atom. The number of nitrogens with one attached hydrogen (secondary N) is 1. The Hall–Kier alpha value is -2.05. The quantitative estimate of drug-likeness (QED) is 0.738. The lowest BCUT2D eigenvalue weighted by molar-refractivity contribution is 0.0938. The second-order valence-electron chi connectivity index (χ2n) is 6.61. The Balaban J connectivity index is 2.33. The van der Waals surface area contributed by atoms with Crippen molar-refractivity contribution in [1.29, 1.82) is 0 Å². The fraction of sp³-hybridized carbons (Fsp3) is 0.350. The van der Waals surface area contributed by atoms with Crippen LogP contribution in [0.2, 0.25) is 5.02 Å². The summed E-state index contributed by atoms with van der Waals surface area (Å²) in [4.78, 5) is 12.7. The van der Waals surface area contributed by atoms with Gasteiger partial charge < -0.3 is 5.32 Å². The Bertz CT molecular complexity index is 911. The van der Waals surface area contributed by atoms with E-state index in [1.54, 1.807) is 30.3 Å². The van der Waals surface area contributed by atoms with E-state index in [-0.39, 0.29) is 27.4 Å². The summed E-state index contributed by atoms with van der Waals surface area (Å²) in [5.74, 6) is -0.316. The Kier molecular flexibility index (Phi) is 6.89. The van der Waals surface area contributed by atoms with Crippen LogP contribution in [0.4, 0.5) is 5.69 Å². The first kappa shape index (κ1) is 21.3. The smallest absolute Gasteiger partial charge is 0.264 e. The van der Waals surface area contributed by atoms with E-state index in [1.165, 1.54) is 19.2 Å². The summed E-state index contributed by atoms with van der Waals surface area (Å²) in [6, 6.07) is 11.3. The summed E-state index contributed by atoms with van der Waals surface area (Å²) in [6.07, 6.45) is 1.80. The molecule has 7 heteroatoms. The zero-order valence-corrected chi connectivity index (χ0v) is 17.6. The first-order valence-corrected chi connectivity index (χ1v) is 10.6. The van der Waals surface area contributed by atoms with E-state index in [2.05, 4.69) is 5.32 Å². The van der Waals surface area contributed by atoms with Crippen LogP contribution >= 0.6 is 11.6 Å². The summed E-state index contributed by atoms with van der Waals surface area (Å²) in [5.41, 5.74) is 1.60. The Morgan fingerprint density at radius 3 is 2.41 bits per heavy atom. The second kappa shape index (κ2) is 8.76. The molecule has 0 heterocycles. The maximum Gasteiger partial charge on any atom is 0.264 e. The highest BCUT2D eigenvalue weighted by Crippen LogP contribution is 2.27. The number of carbonyl (C=O) groups excluding carboxylic acids is 1. The summed E-state index contributed by atoms with van der Waals surface area (Å²) in [7, 11) is -2.28. The summed E-state index contributed by atoms with van der Waals surface area (Å²) >= 11 is 6.18. The maximum atomic E-state index is 12.9. The van der Waals surface area contributed by atoms with Crippen molar-refractivity contribution in [3.8, 4) is 0 Å². The first-order valence-electron chi connectivity index (χ1n) is 8.82. The van der Waals surface area contributed by atoms with Crippen molar-refractivity contribution in [2.75, 3.05) is 11.4 Å². The van der Waals surface area contributed by atoms with E-state index in [0.29, 0.717) is 5.69 Å². The molecule has 1 atom stereocenters. The molecule has 5 nitrogen and oxygen atoms in total. The Labute approximate surface area is 166 Å². The van der Waals surface area contributed by atoms with E-state index in [1.807, 2.05) is 20.8 Å². The number of sulfonamides is 1. The second-order valence-corrected chi connectivity index (χ2v) is 8.99. The average Bonchev–Trinajstić information content (AvgIpc) is 2.62. The van der Waals surface area contributed by atoms with Crippen molar-refractivity contribution in [3.05, 3.63) is 58.6 Å². The number of benzene rings is 2. The molecule has 0 bridgehead atoms. The molecule has 0 saturated heterocycles. The minimum atomic E-state index is -3.74. The van der Waals surface area contributed by atoms with E-state index in [9.17, 15) is 13.2 Å². The lowest BCUT2D eigenvalue weighted by atomic mass is 10.1. The van der Waals surface area contributed by atoms with Gasteiger partial charge in [0.15, 0.2) is 0 Å². The number of amides is 1. The van der Waals surface area contributed by atoms with Gasteiger partial charge in [-0.15, -0.1) is 0 Å². The van der Waals surface area contributed by atoms with Crippen molar-refractivity contribution in [2.45, 2.75) is 44.6 Å². The van der Waals surface area contributed by atoms with Crippen LogP contribution in [-0.4, -0.2) is 27.4 Å². The highest BCUT2D eigenvalue weighted by atomic mass is 35.5. The van der Waals surface area contributed by atoms with Gasteiger partial charge in [0.1, 0.15) is 0 Å². The van der Waals surface area contributed by atoms with Gasteiger partial charge in [0.25, 0.3) is 15.9 Å². The first-order chi connectivity index (χ1) is 12.7. The standard InChI is InChI=1S/C20H25ClN2O3S/c1-5-6-15(3)22-20(24)18-13-16(9-12-19(18)21)23(4)27(25,26)17-10-7-14(2)8-11-17/h7-13,15H,5-6H2,1-4H3,(H,22,24)/t15-/m0/s1. The molecule has 2 aromatic rings. The van der Waals surface area contributed by atoms with Gasteiger partial charge in [-0.1, -0.05) is 42.6 Å². The SMILES string of the molecule is CCC[C@H](C)NC(=O)c1cc(N(C)S(=O)(=O)c2ccc(C)cc2)ccc1Cl. The van der Waals surface area contributed by atoms with Crippen molar-refractivity contribution in [3.63, 3.8) is 0 Å². The number of rotatable bonds is 7. The van der Waals surface area contributed by atoms with Crippen LogP contribution in [-0.2, 0) is 10.0 Å². The summed E-state index contributed by atoms with van der Waals surface area (Å²) in [5, 5.41) is 3.17. The minimum Gasteiger partial charge on any atom is -0.350 e. The van der Waals surface area contributed by atoms with E-state index in [0.717, 1.165) is 22.7 Å². The van der Waals surface area contributed by atoms with Gasteiger partial charge in [-0.3, -0.25) is 9.10 Å². The molecule has 146 valence electrons. The average molecular weight is 409 g/mol. The zero-order valence-electron chi connectivity index (χ0n) is 16.0. The van der Waals surface area contributed by atoms with Crippen LogP contribution in [0.5, 0.6) is 0 Å². The van der Waals surface area contributed by atoms with Crippen molar-refractivity contribution in [2.24, 2.45) is 0 Å². The number of nitrogens with zero attached hydrogens (tertiary/aromatic N) is 1. The van der Waals surface area contributed by atoms with Gasteiger partial charge in [-0.2, -0.15) is 0 Å². The molecular weight excluding hydrogens is 384 g/mol. The molecule has 27 heavy (non-hydrogen) atoms. The van der Waals surface area contributed by atoms with Crippen molar-refractivity contribution in [1.82, 2.24) is 5.32 Å².